The van der Waals surface area contributed by atoms with Crippen LogP contribution in [0.1, 0.15) is 72.6 Å². The molecule has 0 unspecified atom stereocenters. The van der Waals surface area contributed by atoms with Crippen molar-refractivity contribution in [2.24, 2.45) is 17.8 Å². The Balaban J connectivity index is 1.39. The van der Waals surface area contributed by atoms with Crippen LogP contribution in [0.3, 0.4) is 0 Å². The molecule has 0 atom stereocenters. The summed E-state index contributed by atoms with van der Waals surface area (Å²) in [6.45, 7) is 16.1. The Morgan fingerprint density at radius 2 is 1.41 bits per heavy atom. The highest BCUT2D eigenvalue weighted by Crippen LogP contribution is 2.31. The average Bonchev–Trinajstić information content (AvgIpc) is 2.68. The van der Waals surface area contributed by atoms with Crippen LogP contribution in [-0.2, 0) is 4.79 Å². The van der Waals surface area contributed by atoms with Gasteiger partial charge in [-0.05, 0) is 70.6 Å². The van der Waals surface area contributed by atoms with Crippen LogP contribution in [0.15, 0.2) is 0 Å². The normalized spacial score (nSPS) is 29.6. The van der Waals surface area contributed by atoms with Gasteiger partial charge in [-0.25, -0.2) is 0 Å². The van der Waals surface area contributed by atoms with E-state index in [1.807, 2.05) is 0 Å². The van der Waals surface area contributed by atoms with Crippen LogP contribution < -0.4 is 0 Å². The summed E-state index contributed by atoms with van der Waals surface area (Å²) >= 11 is 0. The van der Waals surface area contributed by atoms with Crippen molar-refractivity contribution in [2.45, 2.75) is 84.7 Å². The van der Waals surface area contributed by atoms with Crippen molar-refractivity contribution in [3.63, 3.8) is 0 Å². The van der Waals surface area contributed by atoms with Gasteiger partial charge in [0.2, 0.25) is 5.91 Å². The second-order valence-electron chi connectivity index (χ2n) is 10.1. The molecule has 0 aromatic carbocycles. The Kier molecular flexibility index (Phi) is 7.61. The molecule has 0 aromatic rings. The molecule has 0 aromatic heterocycles. The predicted molar refractivity (Wildman–Crippen MR) is 113 cm³/mol. The summed E-state index contributed by atoms with van der Waals surface area (Å²) in [6, 6.07) is 1.39. The molecule has 0 N–H and O–H groups in total. The summed E-state index contributed by atoms with van der Waals surface area (Å²) in [4.78, 5) is 20.5. The van der Waals surface area contributed by atoms with E-state index in [4.69, 9.17) is 0 Å². The Morgan fingerprint density at radius 1 is 0.815 bits per heavy atom. The van der Waals surface area contributed by atoms with Crippen LogP contribution >= 0.6 is 0 Å². The van der Waals surface area contributed by atoms with Crippen molar-refractivity contribution in [3.05, 3.63) is 0 Å². The quantitative estimate of drug-likeness (QED) is 0.728. The molecule has 1 amide bonds. The van der Waals surface area contributed by atoms with Gasteiger partial charge in [-0.3, -0.25) is 14.6 Å². The van der Waals surface area contributed by atoms with Crippen LogP contribution in [0.25, 0.3) is 0 Å². The fraction of sp³-hybridized carbons (Fsp3) is 0.957. The maximum absolute atomic E-state index is 13.0. The number of nitrogens with zero attached hydrogens (tertiary/aromatic N) is 3. The zero-order valence-corrected chi connectivity index (χ0v) is 18.3. The highest BCUT2D eigenvalue weighted by atomic mass is 16.2. The van der Waals surface area contributed by atoms with E-state index in [2.05, 4.69) is 42.4 Å². The molecule has 27 heavy (non-hydrogen) atoms. The van der Waals surface area contributed by atoms with Gasteiger partial charge in [-0.15, -0.1) is 0 Å². The molecule has 3 fully saturated rings. The van der Waals surface area contributed by atoms with E-state index in [9.17, 15) is 4.79 Å². The summed E-state index contributed by atoms with van der Waals surface area (Å²) in [6.07, 6.45) is 8.44. The molecule has 2 aliphatic heterocycles. The molecule has 156 valence electrons. The standard InChI is InChI=1S/C23H43N3O/c1-18(2)17-20-9-11-26(12-10-20)23(27)21-5-7-22(8-6-21)25-15-13-24(14-16-25)19(3)4/h18-22H,5-17H2,1-4H3. The molecule has 2 heterocycles. The van der Waals surface area contributed by atoms with Gasteiger partial charge in [-0.2, -0.15) is 0 Å². The fourth-order valence-corrected chi connectivity index (χ4v) is 5.62. The molecule has 0 radical (unpaired) electrons. The molecule has 4 nitrogen and oxygen atoms in total. The fourth-order valence-electron chi connectivity index (χ4n) is 5.62. The van der Waals surface area contributed by atoms with Crippen molar-refractivity contribution in [1.82, 2.24) is 14.7 Å². The van der Waals surface area contributed by atoms with Crippen LogP contribution in [0.2, 0.25) is 0 Å². The third kappa shape index (κ3) is 5.69. The van der Waals surface area contributed by atoms with Crippen molar-refractivity contribution in [1.29, 1.82) is 0 Å². The Bertz CT molecular complexity index is 454. The van der Waals surface area contributed by atoms with Crippen LogP contribution in [-0.4, -0.2) is 72.0 Å². The molecular weight excluding hydrogens is 334 g/mol. The van der Waals surface area contributed by atoms with Crippen molar-refractivity contribution in [3.8, 4) is 0 Å². The number of hydrogen-bond donors (Lipinski definition) is 0. The summed E-state index contributed by atoms with van der Waals surface area (Å²) < 4.78 is 0. The number of amides is 1. The smallest absolute Gasteiger partial charge is 0.225 e. The van der Waals surface area contributed by atoms with E-state index in [1.54, 1.807) is 0 Å². The first-order valence-electron chi connectivity index (χ1n) is 11.7. The van der Waals surface area contributed by atoms with Crippen molar-refractivity contribution >= 4 is 5.91 Å². The first kappa shape index (κ1) is 21.1. The van der Waals surface area contributed by atoms with Gasteiger partial charge >= 0.3 is 0 Å². The van der Waals surface area contributed by atoms with Crippen molar-refractivity contribution < 1.29 is 4.79 Å². The minimum atomic E-state index is 0.305. The van der Waals surface area contributed by atoms with Crippen LogP contribution in [0, 0.1) is 17.8 Å². The number of piperazine rings is 1. The third-order valence-electron chi connectivity index (χ3n) is 7.37. The van der Waals surface area contributed by atoms with Gasteiger partial charge in [0.1, 0.15) is 0 Å². The van der Waals surface area contributed by atoms with E-state index in [1.165, 1.54) is 58.3 Å². The Morgan fingerprint density at radius 3 is 1.93 bits per heavy atom. The first-order valence-corrected chi connectivity index (χ1v) is 11.7. The molecule has 0 bridgehead atoms. The zero-order valence-electron chi connectivity index (χ0n) is 18.3. The van der Waals surface area contributed by atoms with Gasteiger partial charge in [0, 0.05) is 57.3 Å². The van der Waals surface area contributed by atoms with Crippen LogP contribution in [0.4, 0.5) is 0 Å². The topological polar surface area (TPSA) is 26.8 Å². The highest BCUT2D eigenvalue weighted by molar-refractivity contribution is 5.79. The van der Waals surface area contributed by atoms with Gasteiger partial charge in [0.25, 0.3) is 0 Å². The SMILES string of the molecule is CC(C)CC1CCN(C(=O)C2CCC(N3CCN(C(C)C)CC3)CC2)CC1. The third-order valence-corrected chi connectivity index (χ3v) is 7.37. The highest BCUT2D eigenvalue weighted by Gasteiger charge is 2.34. The lowest BCUT2D eigenvalue weighted by Crippen LogP contribution is -2.53. The summed E-state index contributed by atoms with van der Waals surface area (Å²) in [5, 5.41) is 0. The number of likely N-dealkylation sites (tertiary alicyclic amines) is 1. The molecule has 4 heteroatoms. The van der Waals surface area contributed by atoms with E-state index in [0.29, 0.717) is 17.9 Å². The second-order valence-corrected chi connectivity index (χ2v) is 10.1. The monoisotopic (exact) mass is 377 g/mol. The summed E-state index contributed by atoms with van der Waals surface area (Å²) in [5.74, 6) is 2.41. The maximum Gasteiger partial charge on any atom is 0.225 e. The number of rotatable bonds is 5. The Labute approximate surface area is 167 Å². The molecule has 0 spiro atoms. The van der Waals surface area contributed by atoms with E-state index in [-0.39, 0.29) is 0 Å². The Hall–Kier alpha value is -0.610. The first-order chi connectivity index (χ1) is 12.9. The average molecular weight is 378 g/mol. The minimum absolute atomic E-state index is 0.305. The van der Waals surface area contributed by atoms with Gasteiger partial charge in [0.05, 0.1) is 0 Å². The molecule has 3 aliphatic rings. The van der Waals surface area contributed by atoms with E-state index >= 15 is 0 Å². The minimum Gasteiger partial charge on any atom is -0.342 e. The number of carbonyl (C=O) groups is 1. The number of hydrogen-bond acceptors (Lipinski definition) is 3. The maximum atomic E-state index is 13.0. The molecule has 1 aliphatic carbocycles. The summed E-state index contributed by atoms with van der Waals surface area (Å²) in [7, 11) is 0. The second kappa shape index (κ2) is 9.73. The lowest BCUT2D eigenvalue weighted by Gasteiger charge is -2.43. The largest absolute Gasteiger partial charge is 0.342 e. The lowest BCUT2D eigenvalue weighted by atomic mass is 9.83. The molecule has 3 rings (SSSR count). The lowest BCUT2D eigenvalue weighted by molar-refractivity contribution is -0.138. The molecule has 2 saturated heterocycles. The summed E-state index contributed by atoms with van der Waals surface area (Å²) in [5.41, 5.74) is 0. The van der Waals surface area contributed by atoms with E-state index < -0.39 is 0 Å². The van der Waals surface area contributed by atoms with E-state index in [0.717, 1.165) is 43.8 Å². The predicted octanol–water partition coefficient (Wildman–Crippen LogP) is 3.86. The number of piperidine rings is 1. The molecular formula is C23H43N3O. The number of carbonyl (C=O) groups excluding carboxylic acids is 1. The van der Waals surface area contributed by atoms with Gasteiger partial charge < -0.3 is 4.90 Å². The van der Waals surface area contributed by atoms with Crippen molar-refractivity contribution in [2.75, 3.05) is 39.3 Å². The van der Waals surface area contributed by atoms with Crippen LogP contribution in [0.5, 0.6) is 0 Å². The molecule has 1 saturated carbocycles. The van der Waals surface area contributed by atoms with Gasteiger partial charge in [0.15, 0.2) is 0 Å². The zero-order chi connectivity index (χ0) is 19.4. The van der Waals surface area contributed by atoms with Gasteiger partial charge in [-0.1, -0.05) is 13.8 Å².